The number of carbonyl (C=O) groups is 1. The summed E-state index contributed by atoms with van der Waals surface area (Å²) in [6, 6.07) is 15.0. The van der Waals surface area contributed by atoms with Crippen LogP contribution in [0.4, 0.5) is 0 Å². The quantitative estimate of drug-likeness (QED) is 0.454. The highest BCUT2D eigenvalue weighted by Crippen LogP contribution is 2.22. The summed E-state index contributed by atoms with van der Waals surface area (Å²) in [5.41, 5.74) is 2.89. The molecule has 2 rings (SSSR count). The zero-order chi connectivity index (χ0) is 16.7. The number of ether oxygens (including phenoxy) is 1. The second-order valence-electron chi connectivity index (χ2n) is 5.50. The lowest BCUT2D eigenvalue weighted by Gasteiger charge is -2.07. The molecule has 3 nitrogen and oxygen atoms in total. The number of carboxylic acid groups (broad SMARTS) is 1. The van der Waals surface area contributed by atoms with Crippen molar-refractivity contribution in [3.63, 3.8) is 0 Å². The van der Waals surface area contributed by atoms with E-state index in [4.69, 9.17) is 4.74 Å². The van der Waals surface area contributed by atoms with E-state index in [1.807, 2.05) is 55.5 Å². The summed E-state index contributed by atoms with van der Waals surface area (Å²) in [6.07, 6.45) is 3.76. The van der Waals surface area contributed by atoms with E-state index >= 15 is 0 Å². The van der Waals surface area contributed by atoms with Crippen LogP contribution in [-0.2, 0) is 4.79 Å². The van der Waals surface area contributed by atoms with Crippen LogP contribution < -0.4 is 4.74 Å². The van der Waals surface area contributed by atoms with Crippen molar-refractivity contribution in [3.05, 3.63) is 65.2 Å². The largest absolute Gasteiger partial charge is 0.494 e. The lowest BCUT2D eigenvalue weighted by molar-refractivity contribution is -0.130. The van der Waals surface area contributed by atoms with Crippen molar-refractivity contribution >= 4 is 17.6 Å². The molecule has 0 saturated carbocycles. The van der Waals surface area contributed by atoms with Crippen molar-refractivity contribution < 1.29 is 14.6 Å². The standard InChI is InChI=1S/C20H22O3/c1-3-4-12-23-18-7-5-6-16(13-18)14-19(20(21)22)17-10-8-15(2)9-11-17/h5-11,13-14H,3-4,12H2,1-2H3,(H,21,22)/b19-14-. The zero-order valence-electron chi connectivity index (χ0n) is 13.6. The molecule has 0 radical (unpaired) electrons. The van der Waals surface area contributed by atoms with E-state index in [2.05, 4.69) is 6.92 Å². The average Bonchev–Trinajstić information content (AvgIpc) is 2.54. The molecule has 23 heavy (non-hydrogen) atoms. The highest BCUT2D eigenvalue weighted by Gasteiger charge is 2.10. The minimum absolute atomic E-state index is 0.274. The highest BCUT2D eigenvalue weighted by molar-refractivity contribution is 6.20. The van der Waals surface area contributed by atoms with Crippen molar-refractivity contribution in [1.82, 2.24) is 0 Å². The van der Waals surface area contributed by atoms with Gasteiger partial charge in [0.05, 0.1) is 12.2 Å². The molecule has 0 aliphatic rings. The van der Waals surface area contributed by atoms with Gasteiger partial charge in [-0.1, -0.05) is 55.3 Å². The fraction of sp³-hybridized carbons (Fsp3) is 0.250. The molecule has 0 unspecified atom stereocenters. The number of unbranched alkanes of at least 4 members (excludes halogenated alkanes) is 1. The van der Waals surface area contributed by atoms with Gasteiger partial charge >= 0.3 is 5.97 Å². The minimum atomic E-state index is -0.939. The average molecular weight is 310 g/mol. The normalized spacial score (nSPS) is 11.3. The van der Waals surface area contributed by atoms with Crippen LogP contribution in [0.15, 0.2) is 48.5 Å². The molecule has 0 spiro atoms. The van der Waals surface area contributed by atoms with E-state index in [-0.39, 0.29) is 5.57 Å². The summed E-state index contributed by atoms with van der Waals surface area (Å²) >= 11 is 0. The molecule has 2 aromatic rings. The molecule has 0 bridgehead atoms. The smallest absolute Gasteiger partial charge is 0.336 e. The van der Waals surface area contributed by atoms with Crippen molar-refractivity contribution in [2.24, 2.45) is 0 Å². The molecular formula is C20H22O3. The zero-order valence-corrected chi connectivity index (χ0v) is 13.6. The van der Waals surface area contributed by atoms with Crippen LogP contribution in [0.2, 0.25) is 0 Å². The van der Waals surface area contributed by atoms with Crippen LogP contribution in [0, 0.1) is 6.92 Å². The van der Waals surface area contributed by atoms with Crippen LogP contribution in [0.1, 0.15) is 36.5 Å². The van der Waals surface area contributed by atoms with E-state index in [0.717, 1.165) is 29.7 Å². The van der Waals surface area contributed by atoms with Crippen LogP contribution >= 0.6 is 0 Å². The Hall–Kier alpha value is -2.55. The molecule has 0 heterocycles. The molecule has 0 aliphatic heterocycles. The summed E-state index contributed by atoms with van der Waals surface area (Å²) in [5.74, 6) is -0.174. The van der Waals surface area contributed by atoms with Gasteiger partial charge in [-0.15, -0.1) is 0 Å². The summed E-state index contributed by atoms with van der Waals surface area (Å²) in [6.45, 7) is 4.77. The molecule has 120 valence electrons. The lowest BCUT2D eigenvalue weighted by atomic mass is 10.0. The first kappa shape index (κ1) is 16.8. The Morgan fingerprint density at radius 1 is 1.17 bits per heavy atom. The van der Waals surface area contributed by atoms with Gasteiger partial charge < -0.3 is 9.84 Å². The first-order valence-corrected chi connectivity index (χ1v) is 7.85. The van der Waals surface area contributed by atoms with Gasteiger partial charge in [0.25, 0.3) is 0 Å². The third-order valence-corrected chi connectivity index (χ3v) is 3.53. The fourth-order valence-corrected chi connectivity index (χ4v) is 2.20. The Kier molecular flexibility index (Phi) is 5.98. The van der Waals surface area contributed by atoms with Crippen LogP contribution in [0.5, 0.6) is 5.75 Å². The summed E-state index contributed by atoms with van der Waals surface area (Å²) in [7, 11) is 0. The summed E-state index contributed by atoms with van der Waals surface area (Å²) in [4.78, 5) is 11.6. The van der Waals surface area contributed by atoms with Gasteiger partial charge in [0.15, 0.2) is 0 Å². The Balaban J connectivity index is 2.27. The fourth-order valence-electron chi connectivity index (χ4n) is 2.20. The monoisotopic (exact) mass is 310 g/mol. The minimum Gasteiger partial charge on any atom is -0.494 e. The molecule has 0 aromatic heterocycles. The van der Waals surface area contributed by atoms with E-state index < -0.39 is 5.97 Å². The SMILES string of the molecule is CCCCOc1cccc(/C=C(\C(=O)O)c2ccc(C)cc2)c1. The first-order valence-electron chi connectivity index (χ1n) is 7.85. The predicted molar refractivity (Wildman–Crippen MR) is 93.5 cm³/mol. The number of hydrogen-bond donors (Lipinski definition) is 1. The van der Waals surface area contributed by atoms with Gasteiger partial charge in [0.1, 0.15) is 5.75 Å². The first-order chi connectivity index (χ1) is 11.1. The van der Waals surface area contributed by atoms with Crippen molar-refractivity contribution in [2.45, 2.75) is 26.7 Å². The Morgan fingerprint density at radius 2 is 1.91 bits per heavy atom. The summed E-state index contributed by atoms with van der Waals surface area (Å²) in [5, 5.41) is 9.50. The van der Waals surface area contributed by atoms with E-state index in [0.29, 0.717) is 12.2 Å². The Morgan fingerprint density at radius 3 is 2.57 bits per heavy atom. The number of hydrogen-bond acceptors (Lipinski definition) is 2. The third kappa shape index (κ3) is 4.99. The van der Waals surface area contributed by atoms with Crippen LogP contribution in [0.25, 0.3) is 11.6 Å². The number of aliphatic carboxylic acids is 1. The molecule has 2 aromatic carbocycles. The van der Waals surface area contributed by atoms with Gasteiger partial charge in [-0.25, -0.2) is 4.79 Å². The number of benzene rings is 2. The second kappa shape index (κ2) is 8.18. The Labute approximate surface area is 137 Å². The van der Waals surface area contributed by atoms with Gasteiger partial charge in [-0.05, 0) is 42.7 Å². The summed E-state index contributed by atoms with van der Waals surface area (Å²) < 4.78 is 5.67. The van der Waals surface area contributed by atoms with Crippen molar-refractivity contribution in [2.75, 3.05) is 6.61 Å². The molecule has 0 fully saturated rings. The van der Waals surface area contributed by atoms with Crippen molar-refractivity contribution in [1.29, 1.82) is 0 Å². The van der Waals surface area contributed by atoms with E-state index in [1.165, 1.54) is 0 Å². The molecule has 3 heteroatoms. The van der Waals surface area contributed by atoms with E-state index in [1.54, 1.807) is 6.08 Å². The van der Waals surface area contributed by atoms with Gasteiger partial charge in [0, 0.05) is 0 Å². The van der Waals surface area contributed by atoms with E-state index in [9.17, 15) is 9.90 Å². The molecule has 1 N–H and O–H groups in total. The van der Waals surface area contributed by atoms with Gasteiger partial charge in [-0.2, -0.15) is 0 Å². The second-order valence-corrected chi connectivity index (χ2v) is 5.50. The molecule has 0 amide bonds. The maximum absolute atomic E-state index is 11.6. The molecule has 0 saturated heterocycles. The topological polar surface area (TPSA) is 46.5 Å². The number of rotatable bonds is 7. The van der Waals surface area contributed by atoms with Crippen LogP contribution in [0.3, 0.4) is 0 Å². The molecular weight excluding hydrogens is 288 g/mol. The number of carboxylic acids is 1. The predicted octanol–water partition coefficient (Wildman–Crippen LogP) is 4.80. The third-order valence-electron chi connectivity index (χ3n) is 3.53. The van der Waals surface area contributed by atoms with Crippen LogP contribution in [-0.4, -0.2) is 17.7 Å². The maximum Gasteiger partial charge on any atom is 0.336 e. The maximum atomic E-state index is 11.6. The molecule has 0 aliphatic carbocycles. The Bertz CT molecular complexity index is 684. The van der Waals surface area contributed by atoms with Crippen molar-refractivity contribution in [3.8, 4) is 5.75 Å². The number of aryl methyl sites for hydroxylation is 1. The molecule has 0 atom stereocenters. The highest BCUT2D eigenvalue weighted by atomic mass is 16.5. The lowest BCUT2D eigenvalue weighted by Crippen LogP contribution is -2.00. The van der Waals surface area contributed by atoms with Gasteiger partial charge in [-0.3, -0.25) is 0 Å². The van der Waals surface area contributed by atoms with Gasteiger partial charge in [0.2, 0.25) is 0 Å².